The van der Waals surface area contributed by atoms with Crippen LogP contribution in [0.1, 0.15) is 30.0 Å². The Balaban J connectivity index is 1.93. The summed E-state index contributed by atoms with van der Waals surface area (Å²) in [5, 5.41) is 9.09. The first-order chi connectivity index (χ1) is 13.4. The molecule has 2 heterocycles. The van der Waals surface area contributed by atoms with Gasteiger partial charge >= 0.3 is 5.97 Å². The van der Waals surface area contributed by atoms with Crippen LogP contribution in [-0.2, 0) is 25.1 Å². The fourth-order valence-electron chi connectivity index (χ4n) is 4.02. The first-order valence-corrected chi connectivity index (χ1v) is 10.4. The molecule has 1 atom stereocenters. The summed E-state index contributed by atoms with van der Waals surface area (Å²) in [4.78, 5) is 12.5. The second-order valence-electron chi connectivity index (χ2n) is 6.71. The summed E-state index contributed by atoms with van der Waals surface area (Å²) in [6.07, 6.45) is 2.08. The minimum Gasteiger partial charge on any atom is -0.463 e. The Kier molecular flexibility index (Phi) is 4.33. The molecule has 2 aromatic carbocycles. The van der Waals surface area contributed by atoms with Gasteiger partial charge in [-0.05, 0) is 42.7 Å². The van der Waals surface area contributed by atoms with Gasteiger partial charge in [0.2, 0.25) is 10.0 Å². The monoisotopic (exact) mass is 394 g/mol. The highest BCUT2D eigenvalue weighted by molar-refractivity contribution is 7.89. The summed E-state index contributed by atoms with van der Waals surface area (Å²) < 4.78 is 33.1. The number of nitrogens with zero attached hydrogens (tertiary/aromatic N) is 2. The Morgan fingerprint density at radius 2 is 1.93 bits per heavy atom. The van der Waals surface area contributed by atoms with Crippen molar-refractivity contribution >= 4 is 16.0 Å². The molecule has 0 amide bonds. The summed E-state index contributed by atoms with van der Waals surface area (Å²) in [6.45, 7) is 1.88. The van der Waals surface area contributed by atoms with E-state index >= 15 is 0 Å². The van der Waals surface area contributed by atoms with Crippen LogP contribution in [0.4, 0.5) is 0 Å². The van der Waals surface area contributed by atoms with Gasteiger partial charge in [0, 0.05) is 12.1 Å². The molecule has 0 saturated carbocycles. The Hall–Kier alpha value is -2.95. The lowest BCUT2D eigenvalue weighted by molar-refractivity contribution is -0.138. The number of hydrogen-bond acceptors (Lipinski definition) is 5. The van der Waals surface area contributed by atoms with Crippen molar-refractivity contribution in [3.63, 3.8) is 0 Å². The van der Waals surface area contributed by atoms with Gasteiger partial charge in [-0.3, -0.25) is 0 Å². The van der Waals surface area contributed by atoms with Crippen LogP contribution in [0.25, 0.3) is 0 Å². The van der Waals surface area contributed by atoms with E-state index in [9.17, 15) is 13.2 Å². The molecule has 0 N–H and O–H groups in total. The fourth-order valence-corrected chi connectivity index (χ4v) is 6.02. The van der Waals surface area contributed by atoms with Gasteiger partial charge in [0.1, 0.15) is 0 Å². The average molecular weight is 394 g/mol. The number of benzene rings is 2. The summed E-state index contributed by atoms with van der Waals surface area (Å²) >= 11 is 0. The number of carbonyl (C=O) groups excluding carboxylic acids is 1. The average Bonchev–Trinajstić information content (AvgIpc) is 2.93. The highest BCUT2D eigenvalue weighted by Crippen LogP contribution is 2.52. The van der Waals surface area contributed by atoms with Crippen molar-refractivity contribution in [1.29, 1.82) is 5.26 Å². The van der Waals surface area contributed by atoms with Gasteiger partial charge in [-0.2, -0.15) is 9.57 Å². The summed E-state index contributed by atoms with van der Waals surface area (Å²) in [5.41, 5.74) is 1.33. The van der Waals surface area contributed by atoms with E-state index in [0.29, 0.717) is 23.1 Å². The molecule has 142 valence electrons. The number of rotatable bonds is 3. The number of fused-ring (bicyclic) bond motifs is 3. The molecule has 2 aliphatic heterocycles. The van der Waals surface area contributed by atoms with E-state index in [4.69, 9.17) is 10.00 Å². The number of nitriles is 1. The first kappa shape index (κ1) is 18.4. The largest absolute Gasteiger partial charge is 0.463 e. The zero-order valence-electron chi connectivity index (χ0n) is 15.3. The molecule has 0 aromatic heterocycles. The van der Waals surface area contributed by atoms with Crippen LogP contribution in [0.3, 0.4) is 0 Å². The lowest BCUT2D eigenvalue weighted by atomic mass is 9.77. The van der Waals surface area contributed by atoms with E-state index in [1.165, 1.54) is 4.31 Å². The molecule has 2 aliphatic rings. The first-order valence-electron chi connectivity index (χ1n) is 8.94. The SMILES string of the molecule is CCOC(=O)C1=CCC2(c3ccc(C#N)cc3)c3ccccc3S(=O)(=O)N2C1. The molecule has 0 radical (unpaired) electrons. The smallest absolute Gasteiger partial charge is 0.335 e. The zero-order valence-corrected chi connectivity index (χ0v) is 16.1. The Labute approximate surface area is 163 Å². The van der Waals surface area contributed by atoms with Crippen molar-refractivity contribution in [2.45, 2.75) is 23.8 Å². The van der Waals surface area contributed by atoms with Crippen molar-refractivity contribution < 1.29 is 17.9 Å². The molecule has 4 rings (SSSR count). The van der Waals surface area contributed by atoms with Gasteiger partial charge in [0.15, 0.2) is 0 Å². The highest BCUT2D eigenvalue weighted by atomic mass is 32.2. The van der Waals surface area contributed by atoms with Crippen molar-refractivity contribution in [3.05, 3.63) is 76.9 Å². The normalized spacial score (nSPS) is 22.5. The molecule has 0 bridgehead atoms. The predicted octanol–water partition coefficient (Wildman–Crippen LogP) is 2.70. The van der Waals surface area contributed by atoms with Gasteiger partial charge in [-0.15, -0.1) is 0 Å². The molecule has 2 aromatic rings. The molecule has 7 heteroatoms. The second kappa shape index (κ2) is 6.59. The molecule has 1 unspecified atom stereocenters. The van der Waals surface area contributed by atoms with Crippen molar-refractivity contribution in [2.24, 2.45) is 0 Å². The van der Waals surface area contributed by atoms with Gasteiger partial charge in [-0.25, -0.2) is 13.2 Å². The molecule has 0 spiro atoms. The predicted molar refractivity (Wildman–Crippen MR) is 102 cm³/mol. The van der Waals surface area contributed by atoms with Gasteiger partial charge in [0.25, 0.3) is 0 Å². The van der Waals surface area contributed by atoms with Crippen LogP contribution in [0, 0.1) is 11.3 Å². The van der Waals surface area contributed by atoms with E-state index in [2.05, 4.69) is 6.07 Å². The van der Waals surface area contributed by atoms with Gasteiger partial charge in [-0.1, -0.05) is 36.4 Å². The topological polar surface area (TPSA) is 87.5 Å². The van der Waals surface area contributed by atoms with Gasteiger partial charge < -0.3 is 4.74 Å². The molecule has 0 fully saturated rings. The quantitative estimate of drug-likeness (QED) is 0.747. The van der Waals surface area contributed by atoms with E-state index in [1.807, 2.05) is 12.1 Å². The van der Waals surface area contributed by atoms with Crippen LogP contribution in [0.2, 0.25) is 0 Å². The van der Waals surface area contributed by atoms with Crippen molar-refractivity contribution in [2.75, 3.05) is 13.2 Å². The minimum absolute atomic E-state index is 0.0597. The maximum Gasteiger partial charge on any atom is 0.335 e. The molecular weight excluding hydrogens is 376 g/mol. The number of carbonyl (C=O) groups is 1. The zero-order chi connectivity index (χ0) is 19.9. The maximum atomic E-state index is 13.3. The Bertz CT molecular complexity index is 1130. The van der Waals surface area contributed by atoms with E-state index in [0.717, 1.165) is 5.56 Å². The summed E-state index contributed by atoms with van der Waals surface area (Å²) in [7, 11) is -3.79. The molecular formula is C21H18N2O4S. The number of sulfonamides is 1. The van der Waals surface area contributed by atoms with Crippen molar-refractivity contribution in [3.8, 4) is 6.07 Å². The van der Waals surface area contributed by atoms with E-state index in [1.54, 1.807) is 49.4 Å². The summed E-state index contributed by atoms with van der Waals surface area (Å²) in [6, 6.07) is 15.9. The third-order valence-electron chi connectivity index (χ3n) is 5.31. The van der Waals surface area contributed by atoms with Crippen LogP contribution < -0.4 is 0 Å². The van der Waals surface area contributed by atoms with E-state index in [-0.39, 0.29) is 18.0 Å². The standard InChI is InChI=1S/C21H18N2O4S/c1-2-27-20(24)16-11-12-21(17-9-7-15(13-22)8-10-17)18-5-3-4-6-19(18)28(25,26)23(21)14-16/h3-11H,2,12,14H2,1H3. The lowest BCUT2D eigenvalue weighted by Gasteiger charge is -2.40. The lowest BCUT2D eigenvalue weighted by Crippen LogP contribution is -2.48. The van der Waals surface area contributed by atoms with E-state index < -0.39 is 21.5 Å². The van der Waals surface area contributed by atoms with Crippen LogP contribution in [-0.4, -0.2) is 31.8 Å². The van der Waals surface area contributed by atoms with Crippen molar-refractivity contribution in [1.82, 2.24) is 4.31 Å². The fraction of sp³-hybridized carbons (Fsp3) is 0.238. The van der Waals surface area contributed by atoms with Crippen LogP contribution in [0.5, 0.6) is 0 Å². The Morgan fingerprint density at radius 1 is 1.21 bits per heavy atom. The highest BCUT2D eigenvalue weighted by Gasteiger charge is 2.56. The molecule has 0 saturated heterocycles. The molecule has 28 heavy (non-hydrogen) atoms. The summed E-state index contributed by atoms with van der Waals surface area (Å²) in [5.74, 6) is -0.498. The number of esters is 1. The third kappa shape index (κ3) is 2.49. The number of ether oxygens (including phenoxy) is 1. The van der Waals surface area contributed by atoms with Crippen LogP contribution >= 0.6 is 0 Å². The Morgan fingerprint density at radius 3 is 2.61 bits per heavy atom. The van der Waals surface area contributed by atoms with Crippen LogP contribution in [0.15, 0.2) is 65.1 Å². The minimum atomic E-state index is -3.79. The molecule has 6 nitrogen and oxygen atoms in total. The maximum absolute atomic E-state index is 13.3. The third-order valence-corrected chi connectivity index (χ3v) is 7.25. The second-order valence-corrected chi connectivity index (χ2v) is 8.54. The molecule has 0 aliphatic carbocycles. The number of hydrogen-bond donors (Lipinski definition) is 0. The van der Waals surface area contributed by atoms with Gasteiger partial charge in [0.05, 0.1) is 28.7 Å².